The van der Waals surface area contributed by atoms with E-state index in [1.165, 1.54) is 36.5 Å². The predicted octanol–water partition coefficient (Wildman–Crippen LogP) is 2.73. The van der Waals surface area contributed by atoms with Gasteiger partial charge < -0.3 is 10.5 Å². The maximum absolute atomic E-state index is 13.3. The first-order chi connectivity index (χ1) is 7.68. The Morgan fingerprint density at radius 3 is 2.50 bits per heavy atom. The van der Waals surface area contributed by atoms with Crippen LogP contribution in [-0.2, 0) is 0 Å². The van der Waals surface area contributed by atoms with Crippen LogP contribution in [-0.4, -0.2) is 4.98 Å². The molecule has 5 heteroatoms. The fourth-order valence-corrected chi connectivity index (χ4v) is 1.18. The number of rotatable bonds is 2. The van der Waals surface area contributed by atoms with Crippen molar-refractivity contribution >= 4 is 5.69 Å². The number of halogens is 2. The maximum Gasteiger partial charge on any atom is 0.256 e. The quantitative estimate of drug-likeness (QED) is 0.795. The second kappa shape index (κ2) is 4.14. The Labute approximate surface area is 90.5 Å². The van der Waals surface area contributed by atoms with E-state index in [9.17, 15) is 8.78 Å². The number of ether oxygens (including phenoxy) is 1. The third-order valence-corrected chi connectivity index (χ3v) is 1.92. The van der Waals surface area contributed by atoms with Crippen molar-refractivity contribution in [1.82, 2.24) is 4.98 Å². The van der Waals surface area contributed by atoms with Crippen molar-refractivity contribution in [2.75, 3.05) is 5.73 Å². The molecule has 0 radical (unpaired) electrons. The molecule has 0 spiro atoms. The van der Waals surface area contributed by atoms with Gasteiger partial charge in [-0.2, -0.15) is 0 Å². The van der Waals surface area contributed by atoms with E-state index in [0.29, 0.717) is 0 Å². The van der Waals surface area contributed by atoms with Gasteiger partial charge in [-0.1, -0.05) is 6.07 Å². The summed E-state index contributed by atoms with van der Waals surface area (Å²) in [6.45, 7) is 0. The fourth-order valence-electron chi connectivity index (χ4n) is 1.18. The highest BCUT2D eigenvalue weighted by molar-refractivity contribution is 5.54. The Morgan fingerprint density at radius 2 is 1.81 bits per heavy atom. The SMILES string of the molecule is Nc1cccc(F)c1Oc1ncccc1F. The first kappa shape index (κ1) is 10.4. The zero-order valence-corrected chi connectivity index (χ0v) is 8.15. The lowest BCUT2D eigenvalue weighted by Gasteiger charge is -2.08. The van der Waals surface area contributed by atoms with Crippen LogP contribution in [0.2, 0.25) is 0 Å². The standard InChI is InChI=1S/C11H8F2N2O/c12-7-3-1-5-9(14)10(7)16-11-8(13)4-2-6-15-11/h1-6H,14H2. The normalized spacial score (nSPS) is 10.1. The van der Waals surface area contributed by atoms with Gasteiger partial charge in [0, 0.05) is 6.20 Å². The highest BCUT2D eigenvalue weighted by Crippen LogP contribution is 2.29. The van der Waals surface area contributed by atoms with E-state index in [1.807, 2.05) is 0 Å². The van der Waals surface area contributed by atoms with E-state index in [1.54, 1.807) is 0 Å². The minimum atomic E-state index is -0.676. The average molecular weight is 222 g/mol. The van der Waals surface area contributed by atoms with Gasteiger partial charge in [0.2, 0.25) is 0 Å². The molecule has 1 aromatic heterocycles. The van der Waals surface area contributed by atoms with Crippen molar-refractivity contribution < 1.29 is 13.5 Å². The summed E-state index contributed by atoms with van der Waals surface area (Å²) in [6, 6.07) is 6.64. The topological polar surface area (TPSA) is 48.1 Å². The molecule has 0 fully saturated rings. The number of benzene rings is 1. The molecule has 0 saturated heterocycles. The summed E-state index contributed by atoms with van der Waals surface area (Å²) < 4.78 is 31.5. The Kier molecular flexibility index (Phi) is 2.68. The number of para-hydroxylation sites is 1. The smallest absolute Gasteiger partial charge is 0.256 e. The van der Waals surface area contributed by atoms with Gasteiger partial charge in [0.05, 0.1) is 5.69 Å². The molecule has 0 aliphatic heterocycles. The molecule has 82 valence electrons. The summed E-state index contributed by atoms with van der Waals surface area (Å²) in [5.74, 6) is -1.87. The van der Waals surface area contributed by atoms with Crippen LogP contribution < -0.4 is 10.5 Å². The molecule has 2 aromatic rings. The molecule has 1 aromatic carbocycles. The van der Waals surface area contributed by atoms with Gasteiger partial charge in [0.1, 0.15) is 0 Å². The highest BCUT2D eigenvalue weighted by atomic mass is 19.1. The molecule has 0 atom stereocenters. The van der Waals surface area contributed by atoms with E-state index in [0.717, 1.165) is 0 Å². The van der Waals surface area contributed by atoms with Crippen molar-refractivity contribution in [2.45, 2.75) is 0 Å². The summed E-state index contributed by atoms with van der Waals surface area (Å²) in [5, 5.41) is 0. The molecule has 1 heterocycles. The van der Waals surface area contributed by atoms with Crippen molar-refractivity contribution in [1.29, 1.82) is 0 Å². The average Bonchev–Trinajstić information content (AvgIpc) is 2.26. The maximum atomic E-state index is 13.3. The van der Waals surface area contributed by atoms with Crippen molar-refractivity contribution in [3.8, 4) is 11.6 Å². The lowest BCUT2D eigenvalue weighted by Crippen LogP contribution is -1.97. The van der Waals surface area contributed by atoms with Crippen LogP contribution in [0.3, 0.4) is 0 Å². The van der Waals surface area contributed by atoms with E-state index in [2.05, 4.69) is 4.98 Å². The van der Waals surface area contributed by atoms with Crippen molar-refractivity contribution in [3.05, 3.63) is 48.2 Å². The van der Waals surface area contributed by atoms with E-state index in [-0.39, 0.29) is 17.3 Å². The summed E-state index contributed by atoms with van der Waals surface area (Å²) in [5.41, 5.74) is 5.59. The number of anilines is 1. The lowest BCUT2D eigenvalue weighted by molar-refractivity contribution is 0.400. The van der Waals surface area contributed by atoms with Crippen LogP contribution in [0.15, 0.2) is 36.5 Å². The van der Waals surface area contributed by atoms with Gasteiger partial charge in [0.25, 0.3) is 5.88 Å². The number of nitrogens with zero attached hydrogens (tertiary/aromatic N) is 1. The molecule has 2 N–H and O–H groups in total. The van der Waals surface area contributed by atoms with E-state index >= 15 is 0 Å². The molecule has 0 bridgehead atoms. The Morgan fingerprint density at radius 1 is 1.06 bits per heavy atom. The third-order valence-electron chi connectivity index (χ3n) is 1.92. The molecular weight excluding hydrogens is 214 g/mol. The summed E-state index contributed by atoms with van der Waals surface area (Å²) in [6.07, 6.45) is 1.34. The minimum Gasteiger partial charge on any atom is -0.431 e. The molecule has 16 heavy (non-hydrogen) atoms. The third kappa shape index (κ3) is 1.93. The Bertz CT molecular complexity index is 497. The lowest BCUT2D eigenvalue weighted by atomic mass is 10.3. The molecular formula is C11H8F2N2O. The molecule has 0 saturated carbocycles. The van der Waals surface area contributed by atoms with Gasteiger partial charge in [-0.15, -0.1) is 0 Å². The van der Waals surface area contributed by atoms with Gasteiger partial charge >= 0.3 is 0 Å². The molecule has 2 rings (SSSR count). The van der Waals surface area contributed by atoms with Crippen LogP contribution in [0.4, 0.5) is 14.5 Å². The van der Waals surface area contributed by atoms with Crippen molar-refractivity contribution in [2.24, 2.45) is 0 Å². The molecule has 3 nitrogen and oxygen atoms in total. The fraction of sp³-hybridized carbons (Fsp3) is 0. The number of hydrogen-bond donors (Lipinski definition) is 1. The molecule has 0 amide bonds. The van der Waals surface area contributed by atoms with Crippen LogP contribution in [0.1, 0.15) is 0 Å². The van der Waals surface area contributed by atoms with E-state index in [4.69, 9.17) is 10.5 Å². The zero-order valence-electron chi connectivity index (χ0n) is 8.15. The van der Waals surface area contributed by atoms with Gasteiger partial charge in [0.15, 0.2) is 17.4 Å². The summed E-state index contributed by atoms with van der Waals surface area (Å²) in [7, 11) is 0. The number of nitrogen functional groups attached to an aromatic ring is 1. The Balaban J connectivity index is 2.38. The predicted molar refractivity (Wildman–Crippen MR) is 55.1 cm³/mol. The zero-order chi connectivity index (χ0) is 11.5. The highest BCUT2D eigenvalue weighted by Gasteiger charge is 2.11. The van der Waals surface area contributed by atoms with Crippen molar-refractivity contribution in [3.63, 3.8) is 0 Å². The number of nitrogens with two attached hydrogens (primary N) is 1. The molecule has 0 aliphatic rings. The minimum absolute atomic E-state index is 0.0880. The second-order valence-corrected chi connectivity index (χ2v) is 3.05. The van der Waals surface area contributed by atoms with E-state index < -0.39 is 11.6 Å². The van der Waals surface area contributed by atoms with Crippen LogP contribution in [0.25, 0.3) is 0 Å². The van der Waals surface area contributed by atoms with Gasteiger partial charge in [-0.05, 0) is 24.3 Å². The largest absolute Gasteiger partial charge is 0.431 e. The Hall–Kier alpha value is -2.17. The van der Waals surface area contributed by atoms with Gasteiger partial charge in [-0.3, -0.25) is 0 Å². The monoisotopic (exact) mass is 222 g/mol. The first-order valence-corrected chi connectivity index (χ1v) is 4.51. The summed E-state index contributed by atoms with van der Waals surface area (Å²) in [4.78, 5) is 3.64. The van der Waals surface area contributed by atoms with Crippen LogP contribution >= 0.6 is 0 Å². The van der Waals surface area contributed by atoms with Crippen LogP contribution in [0, 0.1) is 11.6 Å². The second-order valence-electron chi connectivity index (χ2n) is 3.05. The number of pyridine rings is 1. The summed E-state index contributed by atoms with van der Waals surface area (Å²) >= 11 is 0. The molecule has 0 unspecified atom stereocenters. The first-order valence-electron chi connectivity index (χ1n) is 4.51. The number of hydrogen-bond acceptors (Lipinski definition) is 3. The van der Waals surface area contributed by atoms with Crippen LogP contribution in [0.5, 0.6) is 11.6 Å². The van der Waals surface area contributed by atoms with Gasteiger partial charge in [-0.25, -0.2) is 13.8 Å². The number of aromatic nitrogens is 1. The molecule has 0 aliphatic carbocycles.